The summed E-state index contributed by atoms with van der Waals surface area (Å²) >= 11 is 0. The Balaban J connectivity index is 1.58. The second kappa shape index (κ2) is 6.86. The Morgan fingerprint density at radius 1 is 1.25 bits per heavy atom. The molecule has 3 atom stereocenters. The fourth-order valence-electron chi connectivity index (χ4n) is 4.73. The normalized spacial score (nSPS) is 26.4. The number of pyridine rings is 1. The Kier molecular flexibility index (Phi) is 4.16. The second-order valence-corrected chi connectivity index (χ2v) is 8.84. The zero-order valence-corrected chi connectivity index (χ0v) is 17.8. The number of amides is 1. The lowest BCUT2D eigenvalue weighted by Gasteiger charge is -2.41. The summed E-state index contributed by atoms with van der Waals surface area (Å²) in [5, 5.41) is 7.43. The number of carbonyl (C=O) groups excluding carboxylic acids is 1. The number of fused-ring (bicyclic) bond motifs is 5. The van der Waals surface area contributed by atoms with Crippen molar-refractivity contribution >= 4 is 17.4 Å². The quantitative estimate of drug-likeness (QED) is 0.575. The van der Waals surface area contributed by atoms with Crippen LogP contribution < -0.4 is 15.0 Å². The molecule has 3 aromatic rings. The van der Waals surface area contributed by atoms with Crippen LogP contribution in [0.4, 0.5) is 10.2 Å². The molecule has 2 bridgehead atoms. The number of carbonyl (C=O) groups is 1. The SMILES string of the molecule is C[C@@H]1COC[C@@H]2c3cc(F)cnc3O[C@@H](C)C3(CC3)NC(=O)c3cnn4ccc(nc34)N12. The Hall–Kier alpha value is -3.27. The molecular weight excluding hydrogens is 415 g/mol. The summed E-state index contributed by atoms with van der Waals surface area (Å²) in [6.07, 6.45) is 5.68. The highest BCUT2D eigenvalue weighted by molar-refractivity contribution is 6.00. The molecule has 6 rings (SSSR count). The van der Waals surface area contributed by atoms with Crippen LogP contribution in [0.25, 0.3) is 5.65 Å². The summed E-state index contributed by atoms with van der Waals surface area (Å²) < 4.78 is 28.1. The summed E-state index contributed by atoms with van der Waals surface area (Å²) in [6.45, 7) is 4.76. The van der Waals surface area contributed by atoms with Crippen molar-refractivity contribution in [1.82, 2.24) is 24.9 Å². The highest BCUT2D eigenvalue weighted by atomic mass is 19.1. The molecule has 1 spiro atoms. The van der Waals surface area contributed by atoms with E-state index in [1.807, 2.05) is 19.9 Å². The molecule has 2 fully saturated rings. The van der Waals surface area contributed by atoms with Crippen molar-refractivity contribution in [2.75, 3.05) is 18.1 Å². The number of ether oxygens (including phenoxy) is 2. The lowest BCUT2D eigenvalue weighted by Crippen LogP contribution is -2.48. The molecule has 3 aromatic heterocycles. The van der Waals surface area contributed by atoms with Crippen LogP contribution in [0, 0.1) is 5.82 Å². The molecule has 166 valence electrons. The van der Waals surface area contributed by atoms with Crippen molar-refractivity contribution in [2.24, 2.45) is 0 Å². The molecule has 3 aliphatic rings. The summed E-state index contributed by atoms with van der Waals surface area (Å²) in [6, 6.07) is 2.89. The Bertz CT molecular complexity index is 1230. The lowest BCUT2D eigenvalue weighted by molar-refractivity contribution is 0.0674. The number of aromatic nitrogens is 4. The molecule has 1 N–H and O–H groups in total. The smallest absolute Gasteiger partial charge is 0.257 e. The van der Waals surface area contributed by atoms with Gasteiger partial charge < -0.3 is 19.7 Å². The molecule has 10 heteroatoms. The van der Waals surface area contributed by atoms with Crippen LogP contribution in [-0.2, 0) is 4.74 Å². The van der Waals surface area contributed by atoms with E-state index in [1.165, 1.54) is 12.3 Å². The van der Waals surface area contributed by atoms with Gasteiger partial charge in [0.2, 0.25) is 5.88 Å². The molecule has 1 aliphatic carbocycles. The van der Waals surface area contributed by atoms with Gasteiger partial charge in [-0.05, 0) is 38.8 Å². The highest BCUT2D eigenvalue weighted by Crippen LogP contribution is 2.43. The number of nitrogens with one attached hydrogen (secondary N) is 1. The molecule has 2 aliphatic heterocycles. The molecule has 0 aromatic carbocycles. The highest BCUT2D eigenvalue weighted by Gasteiger charge is 2.51. The van der Waals surface area contributed by atoms with Gasteiger partial charge in [-0.2, -0.15) is 5.10 Å². The van der Waals surface area contributed by atoms with Gasteiger partial charge in [-0.15, -0.1) is 0 Å². The van der Waals surface area contributed by atoms with Crippen molar-refractivity contribution in [3.63, 3.8) is 0 Å². The molecule has 0 radical (unpaired) electrons. The minimum atomic E-state index is -0.514. The van der Waals surface area contributed by atoms with Crippen molar-refractivity contribution < 1.29 is 18.7 Å². The van der Waals surface area contributed by atoms with Gasteiger partial charge in [0.25, 0.3) is 5.91 Å². The van der Waals surface area contributed by atoms with E-state index in [0.29, 0.717) is 41.7 Å². The van der Waals surface area contributed by atoms with Crippen LogP contribution in [-0.4, -0.2) is 56.4 Å². The Labute approximate surface area is 183 Å². The third-order valence-corrected chi connectivity index (χ3v) is 6.73. The van der Waals surface area contributed by atoms with Crippen molar-refractivity contribution in [2.45, 2.75) is 50.4 Å². The van der Waals surface area contributed by atoms with Gasteiger partial charge in [-0.1, -0.05) is 0 Å². The third-order valence-electron chi connectivity index (χ3n) is 6.73. The summed E-state index contributed by atoms with van der Waals surface area (Å²) in [4.78, 5) is 24.3. The van der Waals surface area contributed by atoms with E-state index in [4.69, 9.17) is 14.5 Å². The Morgan fingerprint density at radius 3 is 2.91 bits per heavy atom. The standard InChI is InChI=1S/C22H23FN6O3/c1-12-10-31-11-17-15-7-14(23)8-24-21(15)32-13(2)22(4-5-22)27-20(30)16-9-25-28-6-3-18(29(12)17)26-19(16)28/h3,6-9,12-13,17H,4-5,10-11H2,1-2H3,(H,27,30)/t12-,13+,17-/m1/s1. The molecule has 9 nitrogen and oxygen atoms in total. The van der Waals surface area contributed by atoms with Crippen LogP contribution >= 0.6 is 0 Å². The van der Waals surface area contributed by atoms with Gasteiger partial charge >= 0.3 is 0 Å². The predicted octanol–water partition coefficient (Wildman–Crippen LogP) is 2.27. The third kappa shape index (κ3) is 2.93. The van der Waals surface area contributed by atoms with Crippen molar-refractivity contribution in [1.29, 1.82) is 0 Å². The van der Waals surface area contributed by atoms with Crippen LogP contribution in [0.15, 0.2) is 30.7 Å². The molecule has 1 amide bonds. The van der Waals surface area contributed by atoms with E-state index in [1.54, 1.807) is 10.7 Å². The monoisotopic (exact) mass is 438 g/mol. The lowest BCUT2D eigenvalue weighted by atomic mass is 10.0. The van der Waals surface area contributed by atoms with Gasteiger partial charge in [-0.25, -0.2) is 18.9 Å². The first-order chi connectivity index (χ1) is 15.4. The van der Waals surface area contributed by atoms with Gasteiger partial charge in [0.15, 0.2) is 5.65 Å². The first-order valence-electron chi connectivity index (χ1n) is 10.8. The maximum Gasteiger partial charge on any atom is 0.257 e. The maximum absolute atomic E-state index is 14.3. The molecule has 0 unspecified atom stereocenters. The van der Waals surface area contributed by atoms with Crippen molar-refractivity contribution in [3.8, 4) is 5.88 Å². The maximum atomic E-state index is 14.3. The van der Waals surface area contributed by atoms with Gasteiger partial charge in [0, 0.05) is 11.8 Å². The summed E-state index contributed by atoms with van der Waals surface area (Å²) in [7, 11) is 0. The number of hydrogen-bond donors (Lipinski definition) is 1. The number of anilines is 1. The molecule has 1 saturated heterocycles. The molecule has 32 heavy (non-hydrogen) atoms. The Morgan fingerprint density at radius 2 is 2.09 bits per heavy atom. The molecule has 5 heterocycles. The number of morpholine rings is 1. The van der Waals surface area contributed by atoms with E-state index in [9.17, 15) is 9.18 Å². The van der Waals surface area contributed by atoms with E-state index >= 15 is 0 Å². The largest absolute Gasteiger partial charge is 0.472 e. The second-order valence-electron chi connectivity index (χ2n) is 8.84. The van der Waals surface area contributed by atoms with Crippen LogP contribution in [0.5, 0.6) is 5.88 Å². The van der Waals surface area contributed by atoms with Gasteiger partial charge in [-0.3, -0.25) is 4.79 Å². The van der Waals surface area contributed by atoms with Crippen LogP contribution in [0.2, 0.25) is 0 Å². The number of nitrogens with zero attached hydrogens (tertiary/aromatic N) is 5. The van der Waals surface area contributed by atoms with Crippen LogP contribution in [0.3, 0.4) is 0 Å². The van der Waals surface area contributed by atoms with Gasteiger partial charge in [0.1, 0.15) is 23.3 Å². The zero-order valence-electron chi connectivity index (χ0n) is 17.8. The van der Waals surface area contributed by atoms with Crippen LogP contribution in [0.1, 0.15) is 48.7 Å². The summed E-state index contributed by atoms with van der Waals surface area (Å²) in [5.41, 5.74) is 0.961. The number of rotatable bonds is 0. The number of hydrogen-bond acceptors (Lipinski definition) is 7. The molecule has 1 saturated carbocycles. The first-order valence-corrected chi connectivity index (χ1v) is 10.8. The number of halogens is 1. The molecular formula is C22H23FN6O3. The first kappa shape index (κ1) is 19.4. The fourth-order valence-corrected chi connectivity index (χ4v) is 4.73. The van der Waals surface area contributed by atoms with Crippen molar-refractivity contribution in [3.05, 3.63) is 47.7 Å². The minimum absolute atomic E-state index is 0.0441. The van der Waals surface area contributed by atoms with E-state index in [-0.39, 0.29) is 24.1 Å². The average molecular weight is 438 g/mol. The van der Waals surface area contributed by atoms with Gasteiger partial charge in [0.05, 0.1) is 43.2 Å². The minimum Gasteiger partial charge on any atom is -0.472 e. The fraction of sp³-hybridized carbons (Fsp3) is 0.455. The summed E-state index contributed by atoms with van der Waals surface area (Å²) in [5.74, 6) is 0.307. The van der Waals surface area contributed by atoms with E-state index < -0.39 is 11.4 Å². The van der Waals surface area contributed by atoms with E-state index in [2.05, 4.69) is 20.3 Å². The average Bonchev–Trinajstić information content (AvgIpc) is 3.43. The predicted molar refractivity (Wildman–Crippen MR) is 112 cm³/mol. The zero-order chi connectivity index (χ0) is 22.0. The van der Waals surface area contributed by atoms with E-state index in [0.717, 1.165) is 19.0 Å². The topological polar surface area (TPSA) is 93.9 Å².